The molecule has 0 radical (unpaired) electrons. The summed E-state index contributed by atoms with van der Waals surface area (Å²) in [5.41, 5.74) is 3.56. The molecule has 0 amide bonds. The lowest BCUT2D eigenvalue weighted by atomic mass is 9.95. The van der Waals surface area contributed by atoms with Crippen molar-refractivity contribution in [1.82, 2.24) is 0 Å². The van der Waals surface area contributed by atoms with Crippen LogP contribution in [0, 0.1) is 6.92 Å². The van der Waals surface area contributed by atoms with E-state index in [-0.39, 0.29) is 17.6 Å². The second kappa shape index (κ2) is 10.1. The molecule has 0 saturated heterocycles. The van der Waals surface area contributed by atoms with Crippen LogP contribution in [-0.4, -0.2) is 26.2 Å². The molecule has 1 aromatic heterocycles. The van der Waals surface area contributed by atoms with Crippen LogP contribution in [0.5, 0.6) is 28.7 Å². The van der Waals surface area contributed by atoms with E-state index in [1.54, 1.807) is 14.0 Å². The first-order valence-corrected chi connectivity index (χ1v) is 12.2. The number of benzene rings is 3. The number of rotatable bonds is 6. The third kappa shape index (κ3) is 4.53. The number of hydrogen-bond donors (Lipinski definition) is 0. The highest BCUT2D eigenvalue weighted by molar-refractivity contribution is 5.94. The minimum atomic E-state index is -0.546. The van der Waals surface area contributed by atoms with Crippen LogP contribution in [-0.2, 0) is 16.0 Å². The molecule has 0 saturated carbocycles. The van der Waals surface area contributed by atoms with E-state index in [9.17, 15) is 9.59 Å². The summed E-state index contributed by atoms with van der Waals surface area (Å²) in [6.07, 6.45) is 1.46. The van der Waals surface area contributed by atoms with Gasteiger partial charge in [-0.3, -0.25) is 9.59 Å². The standard InChI is InChI=1S/C30H28O8/c1-16-23(35-17(2)31)14-27(36-18(3)32)28(29(16)34-5)26-13-21-25(37-26)15-24(33-4)20-11-12-22(38-30(20)21)19-9-7-6-8-10-19/h6-10,13-15,22H,11-12H2,1-5H3. The van der Waals surface area contributed by atoms with E-state index in [2.05, 4.69) is 12.1 Å². The van der Waals surface area contributed by atoms with Crippen LogP contribution in [0.3, 0.4) is 0 Å². The molecule has 38 heavy (non-hydrogen) atoms. The van der Waals surface area contributed by atoms with Crippen molar-refractivity contribution in [3.63, 3.8) is 0 Å². The lowest BCUT2D eigenvalue weighted by Crippen LogP contribution is -2.16. The van der Waals surface area contributed by atoms with Gasteiger partial charge in [0.15, 0.2) is 0 Å². The summed E-state index contributed by atoms with van der Waals surface area (Å²) in [5.74, 6) is 1.41. The van der Waals surface area contributed by atoms with Crippen molar-refractivity contribution in [2.75, 3.05) is 14.2 Å². The number of ether oxygens (including phenoxy) is 5. The Labute approximate surface area is 220 Å². The minimum absolute atomic E-state index is 0.117. The molecule has 5 rings (SSSR count). The first-order chi connectivity index (χ1) is 18.3. The normalized spacial score (nSPS) is 14.4. The van der Waals surface area contributed by atoms with Gasteiger partial charge in [-0.15, -0.1) is 0 Å². The molecule has 8 nitrogen and oxygen atoms in total. The molecule has 3 aromatic carbocycles. The molecule has 196 valence electrons. The van der Waals surface area contributed by atoms with E-state index in [0.717, 1.165) is 29.4 Å². The molecule has 1 aliphatic heterocycles. The summed E-state index contributed by atoms with van der Waals surface area (Å²) in [6.45, 7) is 4.34. The Morgan fingerprint density at radius 2 is 1.61 bits per heavy atom. The maximum Gasteiger partial charge on any atom is 0.308 e. The van der Waals surface area contributed by atoms with Crippen LogP contribution in [0.25, 0.3) is 22.3 Å². The van der Waals surface area contributed by atoms with Gasteiger partial charge in [0.25, 0.3) is 0 Å². The van der Waals surface area contributed by atoms with E-state index >= 15 is 0 Å². The van der Waals surface area contributed by atoms with E-state index < -0.39 is 11.9 Å². The highest BCUT2D eigenvalue weighted by Gasteiger charge is 2.30. The molecule has 0 aliphatic carbocycles. The zero-order chi connectivity index (χ0) is 27.0. The van der Waals surface area contributed by atoms with Crippen molar-refractivity contribution < 1.29 is 37.7 Å². The minimum Gasteiger partial charge on any atom is -0.496 e. The van der Waals surface area contributed by atoms with E-state index in [0.29, 0.717) is 39.7 Å². The van der Waals surface area contributed by atoms with Gasteiger partial charge in [-0.25, -0.2) is 0 Å². The molecule has 2 heterocycles. The molecular formula is C30H28O8. The average Bonchev–Trinajstić information content (AvgIpc) is 3.33. The first kappa shape index (κ1) is 25.2. The molecule has 8 heteroatoms. The topological polar surface area (TPSA) is 93.4 Å². The van der Waals surface area contributed by atoms with Gasteiger partial charge in [-0.05, 0) is 31.4 Å². The lowest BCUT2D eigenvalue weighted by Gasteiger charge is -2.28. The van der Waals surface area contributed by atoms with Crippen LogP contribution in [0.15, 0.2) is 52.9 Å². The van der Waals surface area contributed by atoms with Crippen molar-refractivity contribution >= 4 is 22.9 Å². The number of fused-ring (bicyclic) bond motifs is 3. The average molecular weight is 517 g/mol. The van der Waals surface area contributed by atoms with Crippen LogP contribution >= 0.6 is 0 Å². The van der Waals surface area contributed by atoms with Crippen molar-refractivity contribution in [3.8, 4) is 40.1 Å². The van der Waals surface area contributed by atoms with Gasteiger partial charge in [0.2, 0.25) is 0 Å². The molecule has 0 fully saturated rings. The Bertz CT molecular complexity index is 1530. The van der Waals surface area contributed by atoms with Gasteiger partial charge in [0.05, 0.1) is 19.6 Å². The van der Waals surface area contributed by atoms with Gasteiger partial charge in [-0.1, -0.05) is 30.3 Å². The monoisotopic (exact) mass is 516 g/mol. The third-order valence-corrected chi connectivity index (χ3v) is 6.55. The molecule has 1 atom stereocenters. The summed E-state index contributed by atoms with van der Waals surface area (Å²) >= 11 is 0. The second-order valence-electron chi connectivity index (χ2n) is 9.06. The fraction of sp³-hybridized carbons (Fsp3) is 0.267. The van der Waals surface area contributed by atoms with Gasteiger partial charge in [-0.2, -0.15) is 0 Å². The van der Waals surface area contributed by atoms with Crippen molar-refractivity contribution in [2.24, 2.45) is 0 Å². The number of esters is 2. The number of hydrogen-bond acceptors (Lipinski definition) is 8. The van der Waals surface area contributed by atoms with Crippen molar-refractivity contribution in [3.05, 3.63) is 65.2 Å². The lowest BCUT2D eigenvalue weighted by molar-refractivity contribution is -0.132. The Balaban J connectivity index is 1.70. The van der Waals surface area contributed by atoms with Crippen molar-refractivity contribution in [1.29, 1.82) is 0 Å². The predicted octanol–water partition coefficient (Wildman–Crippen LogP) is 6.34. The fourth-order valence-corrected chi connectivity index (χ4v) is 4.92. The summed E-state index contributed by atoms with van der Waals surface area (Å²) in [4.78, 5) is 23.7. The SMILES string of the molecule is COc1cc2oc(-c3c(OC(C)=O)cc(OC(C)=O)c(C)c3OC)cc2c2c1CCC(c1ccccc1)O2. The maximum atomic E-state index is 12.0. The molecule has 0 spiro atoms. The summed E-state index contributed by atoms with van der Waals surface area (Å²) in [6, 6.07) is 15.2. The quantitative estimate of drug-likeness (QED) is 0.216. The molecule has 1 aliphatic rings. The van der Waals surface area contributed by atoms with Gasteiger partial charge >= 0.3 is 11.9 Å². The molecule has 1 unspecified atom stereocenters. The van der Waals surface area contributed by atoms with Crippen LogP contribution in [0.2, 0.25) is 0 Å². The van der Waals surface area contributed by atoms with Gasteiger partial charge < -0.3 is 28.1 Å². The Morgan fingerprint density at radius 3 is 2.26 bits per heavy atom. The first-order valence-electron chi connectivity index (χ1n) is 12.2. The van der Waals surface area contributed by atoms with Crippen LogP contribution in [0.4, 0.5) is 0 Å². The Morgan fingerprint density at radius 1 is 0.895 bits per heavy atom. The van der Waals surface area contributed by atoms with Crippen LogP contribution < -0.4 is 23.7 Å². The number of methoxy groups -OCH3 is 2. The summed E-state index contributed by atoms with van der Waals surface area (Å²) in [5, 5.41) is 0.758. The Kier molecular flexibility index (Phi) is 6.72. The third-order valence-electron chi connectivity index (χ3n) is 6.55. The number of carbonyl (C=O) groups is 2. The van der Waals surface area contributed by atoms with E-state index in [4.69, 9.17) is 28.1 Å². The van der Waals surface area contributed by atoms with Gasteiger partial charge in [0.1, 0.15) is 51.8 Å². The number of carbonyl (C=O) groups excluding carboxylic acids is 2. The zero-order valence-corrected chi connectivity index (χ0v) is 21.9. The van der Waals surface area contributed by atoms with E-state index in [1.807, 2.05) is 30.3 Å². The second-order valence-corrected chi connectivity index (χ2v) is 9.06. The predicted molar refractivity (Wildman–Crippen MR) is 140 cm³/mol. The summed E-state index contributed by atoms with van der Waals surface area (Å²) in [7, 11) is 3.11. The zero-order valence-electron chi connectivity index (χ0n) is 21.9. The molecular weight excluding hydrogens is 488 g/mol. The van der Waals surface area contributed by atoms with E-state index in [1.165, 1.54) is 27.0 Å². The molecule has 0 N–H and O–H groups in total. The molecule has 0 bridgehead atoms. The number of furan rings is 1. The van der Waals surface area contributed by atoms with Crippen LogP contribution in [0.1, 0.15) is 43.1 Å². The highest BCUT2D eigenvalue weighted by atomic mass is 16.5. The molecule has 4 aromatic rings. The van der Waals surface area contributed by atoms with Crippen molar-refractivity contribution in [2.45, 2.75) is 39.7 Å². The highest BCUT2D eigenvalue weighted by Crippen LogP contribution is 2.50. The summed E-state index contributed by atoms with van der Waals surface area (Å²) < 4.78 is 35.1. The largest absolute Gasteiger partial charge is 0.496 e. The van der Waals surface area contributed by atoms with Gasteiger partial charge in [0, 0.05) is 37.1 Å². The smallest absolute Gasteiger partial charge is 0.308 e. The fourth-order valence-electron chi connectivity index (χ4n) is 4.92. The maximum absolute atomic E-state index is 12.0. The Hall–Kier alpha value is -4.46.